The molecule has 0 aliphatic carbocycles. The maximum Gasteiger partial charge on any atom is 0.275 e. The van der Waals surface area contributed by atoms with Gasteiger partial charge in [0, 0.05) is 11.9 Å². The molecule has 4 nitrogen and oxygen atoms in total. The van der Waals surface area contributed by atoms with Crippen LogP contribution in [0.4, 0.5) is 8.78 Å². The van der Waals surface area contributed by atoms with Gasteiger partial charge in [0.15, 0.2) is 0 Å². The Hall–Kier alpha value is -1.53. The molecule has 1 aromatic carbocycles. The molecule has 0 saturated carbocycles. The summed E-state index contributed by atoms with van der Waals surface area (Å²) in [6.45, 7) is 2.27. The van der Waals surface area contributed by atoms with Crippen LogP contribution in [0.15, 0.2) is 30.9 Å². The van der Waals surface area contributed by atoms with Gasteiger partial charge in [-0.2, -0.15) is 5.10 Å². The van der Waals surface area contributed by atoms with Gasteiger partial charge in [-0.05, 0) is 43.0 Å². The van der Waals surface area contributed by atoms with Gasteiger partial charge in [0.2, 0.25) is 0 Å². The lowest BCUT2D eigenvalue weighted by Gasteiger charge is -2.33. The smallest absolute Gasteiger partial charge is 0.275 e. The molecule has 1 N–H and O–H groups in total. The molecule has 120 valence electrons. The summed E-state index contributed by atoms with van der Waals surface area (Å²) in [7, 11) is 0. The topological polar surface area (TPSA) is 50.9 Å². The lowest BCUT2D eigenvalue weighted by atomic mass is 9.88. The highest BCUT2D eigenvalue weighted by Crippen LogP contribution is 2.34. The largest absolute Gasteiger partial charge is 0.382 e. The van der Waals surface area contributed by atoms with Crippen molar-refractivity contribution in [2.45, 2.75) is 44.8 Å². The van der Waals surface area contributed by atoms with Crippen molar-refractivity contribution < 1.29 is 13.9 Å². The Morgan fingerprint density at radius 3 is 2.64 bits per heavy atom. The fourth-order valence-corrected chi connectivity index (χ4v) is 2.53. The van der Waals surface area contributed by atoms with Crippen molar-refractivity contribution in [1.29, 1.82) is 0 Å². The van der Waals surface area contributed by atoms with Gasteiger partial charge in [-0.1, -0.05) is 17.7 Å². The molecule has 0 bridgehead atoms. The third-order valence-electron chi connectivity index (χ3n) is 3.82. The third-order valence-corrected chi connectivity index (χ3v) is 4.05. The van der Waals surface area contributed by atoms with Crippen molar-refractivity contribution in [2.24, 2.45) is 0 Å². The fraction of sp³-hybridized carbons (Fsp3) is 0.467. The van der Waals surface area contributed by atoms with E-state index in [9.17, 15) is 13.9 Å². The summed E-state index contributed by atoms with van der Waals surface area (Å²) in [6, 6.07) is 5.28. The van der Waals surface area contributed by atoms with Gasteiger partial charge < -0.3 is 5.11 Å². The minimum atomic E-state index is -3.26. The molecule has 0 amide bonds. The fourth-order valence-electron chi connectivity index (χ4n) is 2.30. The number of benzene rings is 1. The Morgan fingerprint density at radius 2 is 2.09 bits per heavy atom. The lowest BCUT2D eigenvalue weighted by molar-refractivity contribution is -0.181. The zero-order valence-electron chi connectivity index (χ0n) is 12.4. The lowest BCUT2D eigenvalue weighted by Crippen LogP contribution is -2.50. The van der Waals surface area contributed by atoms with Gasteiger partial charge in [-0.15, -0.1) is 0 Å². The van der Waals surface area contributed by atoms with Gasteiger partial charge in [0.05, 0.1) is 6.54 Å². The predicted molar refractivity (Wildman–Crippen MR) is 80.1 cm³/mol. The van der Waals surface area contributed by atoms with E-state index in [1.165, 1.54) is 17.3 Å². The highest BCUT2D eigenvalue weighted by atomic mass is 35.5. The molecule has 7 heteroatoms. The molecule has 0 aliphatic rings. The molecule has 2 rings (SSSR count). The minimum absolute atomic E-state index is 0.0984. The maximum absolute atomic E-state index is 13.9. The summed E-state index contributed by atoms with van der Waals surface area (Å²) >= 11 is 5.89. The summed E-state index contributed by atoms with van der Waals surface area (Å²) in [5.74, 6) is -3.26. The predicted octanol–water partition coefficient (Wildman–Crippen LogP) is 3.26. The van der Waals surface area contributed by atoms with Crippen molar-refractivity contribution >= 4 is 11.6 Å². The van der Waals surface area contributed by atoms with Crippen molar-refractivity contribution in [3.8, 4) is 0 Å². The van der Waals surface area contributed by atoms with E-state index in [1.807, 2.05) is 6.92 Å². The van der Waals surface area contributed by atoms with E-state index in [0.717, 1.165) is 18.1 Å². The van der Waals surface area contributed by atoms with E-state index in [4.69, 9.17) is 11.6 Å². The van der Waals surface area contributed by atoms with E-state index in [-0.39, 0.29) is 13.0 Å². The van der Waals surface area contributed by atoms with Crippen LogP contribution in [0.2, 0.25) is 5.02 Å². The molecule has 1 aromatic heterocycles. The van der Waals surface area contributed by atoms with Crippen LogP contribution in [-0.2, 0) is 13.0 Å². The Labute approximate surface area is 132 Å². The monoisotopic (exact) mass is 329 g/mol. The maximum atomic E-state index is 13.9. The van der Waals surface area contributed by atoms with Gasteiger partial charge in [-0.3, -0.25) is 0 Å². The zero-order valence-corrected chi connectivity index (χ0v) is 13.2. The molecule has 0 spiro atoms. The highest BCUT2D eigenvalue weighted by Gasteiger charge is 2.48. The first-order valence-electron chi connectivity index (χ1n) is 6.89. The summed E-state index contributed by atoms with van der Waals surface area (Å²) in [4.78, 5) is 3.71. The van der Waals surface area contributed by atoms with Crippen molar-refractivity contribution in [1.82, 2.24) is 14.8 Å². The third kappa shape index (κ3) is 3.81. The van der Waals surface area contributed by atoms with E-state index >= 15 is 0 Å². The molecule has 0 fully saturated rings. The Morgan fingerprint density at radius 1 is 1.36 bits per heavy atom. The van der Waals surface area contributed by atoms with Crippen LogP contribution >= 0.6 is 11.6 Å². The van der Waals surface area contributed by atoms with Gasteiger partial charge in [0.1, 0.15) is 18.3 Å². The zero-order chi connectivity index (χ0) is 16.4. The van der Waals surface area contributed by atoms with Crippen LogP contribution in [0.1, 0.15) is 24.5 Å². The molecule has 1 atom stereocenters. The second-order valence-electron chi connectivity index (χ2n) is 5.58. The van der Waals surface area contributed by atoms with Gasteiger partial charge in [-0.25, -0.2) is 18.4 Å². The van der Waals surface area contributed by atoms with Crippen molar-refractivity contribution in [2.75, 3.05) is 0 Å². The molecule has 0 saturated heterocycles. The first-order chi connectivity index (χ1) is 10.2. The molecule has 0 radical (unpaired) electrons. The molecule has 1 heterocycles. The number of hydrogen-bond acceptors (Lipinski definition) is 3. The highest BCUT2D eigenvalue weighted by molar-refractivity contribution is 6.30. The SMILES string of the molecule is Cc1cc(Cl)ccc1CCC(O)(Cn1cncn1)C(C)(F)F. The van der Waals surface area contributed by atoms with Crippen molar-refractivity contribution in [3.05, 3.63) is 47.0 Å². The molecule has 2 aromatic rings. The average molecular weight is 330 g/mol. The van der Waals surface area contributed by atoms with Gasteiger partial charge in [0.25, 0.3) is 5.92 Å². The van der Waals surface area contributed by atoms with E-state index in [2.05, 4.69) is 10.1 Å². The number of aromatic nitrogens is 3. The second kappa shape index (κ2) is 6.30. The average Bonchev–Trinajstić information content (AvgIpc) is 2.89. The first-order valence-corrected chi connectivity index (χ1v) is 7.27. The molecule has 22 heavy (non-hydrogen) atoms. The normalized spacial score (nSPS) is 14.8. The van der Waals surface area contributed by atoms with Crippen LogP contribution in [0, 0.1) is 6.92 Å². The van der Waals surface area contributed by atoms with E-state index in [0.29, 0.717) is 11.4 Å². The second-order valence-corrected chi connectivity index (χ2v) is 6.02. The van der Waals surface area contributed by atoms with Crippen LogP contribution in [0.25, 0.3) is 0 Å². The first kappa shape index (κ1) is 16.8. The number of halogens is 3. The summed E-state index contributed by atoms with van der Waals surface area (Å²) < 4.78 is 29.0. The number of alkyl halides is 2. The molecular weight excluding hydrogens is 312 g/mol. The van der Waals surface area contributed by atoms with Gasteiger partial charge >= 0.3 is 0 Å². The summed E-state index contributed by atoms with van der Waals surface area (Å²) in [6.07, 6.45) is 2.78. The van der Waals surface area contributed by atoms with Crippen LogP contribution in [0.5, 0.6) is 0 Å². The summed E-state index contributed by atoms with van der Waals surface area (Å²) in [5.41, 5.74) is -0.409. The standard InChI is InChI=1S/C15H18ClF2N3O/c1-11-7-13(16)4-3-12(11)5-6-15(22,14(2,17)18)8-21-10-19-9-20-21/h3-4,7,9-10,22H,5-6,8H2,1-2H3. The number of aryl methyl sites for hydroxylation is 2. The van der Waals surface area contributed by atoms with Crippen LogP contribution in [-0.4, -0.2) is 31.4 Å². The molecular formula is C15H18ClF2N3O. The number of rotatable bonds is 6. The number of hydrogen-bond donors (Lipinski definition) is 1. The number of aliphatic hydroxyl groups is 1. The van der Waals surface area contributed by atoms with E-state index in [1.54, 1.807) is 18.2 Å². The summed E-state index contributed by atoms with van der Waals surface area (Å²) in [5, 5.41) is 14.9. The van der Waals surface area contributed by atoms with Crippen LogP contribution < -0.4 is 0 Å². The minimum Gasteiger partial charge on any atom is -0.382 e. The molecule has 1 unspecified atom stereocenters. The van der Waals surface area contributed by atoms with E-state index < -0.39 is 11.5 Å². The van der Waals surface area contributed by atoms with Crippen LogP contribution in [0.3, 0.4) is 0 Å². The Balaban J connectivity index is 2.16. The Kier molecular flexibility index (Phi) is 4.82. The molecule has 0 aliphatic heterocycles. The quantitative estimate of drug-likeness (QED) is 0.885. The van der Waals surface area contributed by atoms with Crippen molar-refractivity contribution in [3.63, 3.8) is 0 Å². The number of nitrogens with zero attached hydrogens (tertiary/aromatic N) is 3. The Bertz CT molecular complexity index is 628.